The summed E-state index contributed by atoms with van der Waals surface area (Å²) in [6.45, 7) is 0. The first kappa shape index (κ1) is 9.96. The molecular formula is C11H11FO3. The van der Waals surface area contributed by atoms with E-state index in [-0.39, 0.29) is 6.42 Å². The third-order valence-corrected chi connectivity index (χ3v) is 2.91. The first-order valence-electron chi connectivity index (χ1n) is 4.75. The van der Waals surface area contributed by atoms with Gasteiger partial charge in [0.2, 0.25) is 0 Å². The number of phenolic OH excluding ortho intramolecular Hbond substituents is 1. The molecule has 0 bridgehead atoms. The van der Waals surface area contributed by atoms with Crippen molar-refractivity contribution in [2.24, 2.45) is 5.41 Å². The normalized spacial score (nSPS) is 17.4. The van der Waals surface area contributed by atoms with Crippen LogP contribution in [0.15, 0.2) is 18.2 Å². The molecule has 1 saturated carbocycles. The zero-order valence-electron chi connectivity index (χ0n) is 8.03. The van der Waals surface area contributed by atoms with Crippen LogP contribution in [0.5, 0.6) is 5.75 Å². The number of aliphatic carboxylic acids is 1. The lowest BCUT2D eigenvalue weighted by molar-refractivity contribution is -0.143. The Kier molecular flexibility index (Phi) is 2.14. The fourth-order valence-corrected chi connectivity index (χ4v) is 1.68. The molecule has 0 amide bonds. The summed E-state index contributed by atoms with van der Waals surface area (Å²) in [5.74, 6) is -2.00. The average molecular weight is 210 g/mol. The van der Waals surface area contributed by atoms with Crippen molar-refractivity contribution in [3.05, 3.63) is 29.6 Å². The fourth-order valence-electron chi connectivity index (χ4n) is 1.68. The molecule has 0 saturated heterocycles. The maximum Gasteiger partial charge on any atom is 0.309 e. The number of benzene rings is 1. The van der Waals surface area contributed by atoms with Crippen LogP contribution in [0.1, 0.15) is 18.4 Å². The van der Waals surface area contributed by atoms with E-state index in [1.54, 1.807) is 6.07 Å². The van der Waals surface area contributed by atoms with Crippen LogP contribution in [0.3, 0.4) is 0 Å². The predicted octanol–water partition coefficient (Wildman–Crippen LogP) is 1.94. The summed E-state index contributed by atoms with van der Waals surface area (Å²) in [6.07, 6.45) is 1.39. The second-order valence-corrected chi connectivity index (χ2v) is 4.01. The highest BCUT2D eigenvalue weighted by Gasteiger charge is 2.50. The highest BCUT2D eigenvalue weighted by atomic mass is 19.1. The van der Waals surface area contributed by atoms with Gasteiger partial charge in [-0.2, -0.15) is 0 Å². The van der Waals surface area contributed by atoms with Gasteiger partial charge in [0.25, 0.3) is 0 Å². The largest absolute Gasteiger partial charge is 0.505 e. The Morgan fingerprint density at radius 2 is 2.13 bits per heavy atom. The first-order valence-corrected chi connectivity index (χ1v) is 4.75. The second kappa shape index (κ2) is 3.22. The molecule has 2 N–H and O–H groups in total. The number of halogens is 1. The molecule has 1 fully saturated rings. The van der Waals surface area contributed by atoms with Crippen molar-refractivity contribution in [3.63, 3.8) is 0 Å². The Bertz CT molecular complexity index is 410. The van der Waals surface area contributed by atoms with Gasteiger partial charge in [-0.25, -0.2) is 4.39 Å². The average Bonchev–Trinajstić information content (AvgIpc) is 2.94. The van der Waals surface area contributed by atoms with Gasteiger partial charge in [-0.05, 0) is 30.9 Å². The van der Waals surface area contributed by atoms with E-state index < -0.39 is 23.0 Å². The van der Waals surface area contributed by atoms with Gasteiger partial charge >= 0.3 is 5.97 Å². The molecule has 1 aromatic rings. The van der Waals surface area contributed by atoms with Gasteiger partial charge in [0, 0.05) is 0 Å². The zero-order valence-corrected chi connectivity index (χ0v) is 8.03. The maximum absolute atomic E-state index is 13.0. The SMILES string of the molecule is O=C(O)C1(Cc2cccc(F)c2O)CC1. The standard InChI is InChI=1S/C11H11FO3/c12-8-3-1-2-7(9(8)13)6-11(4-5-11)10(14)15/h1-3,13H,4-6H2,(H,14,15). The Balaban J connectivity index is 2.25. The van der Waals surface area contributed by atoms with Gasteiger partial charge in [-0.1, -0.05) is 12.1 Å². The van der Waals surface area contributed by atoms with E-state index in [2.05, 4.69) is 0 Å². The monoisotopic (exact) mass is 210 g/mol. The van der Waals surface area contributed by atoms with Crippen LogP contribution < -0.4 is 0 Å². The minimum absolute atomic E-state index is 0.200. The van der Waals surface area contributed by atoms with E-state index in [4.69, 9.17) is 5.11 Å². The number of carbonyl (C=O) groups is 1. The van der Waals surface area contributed by atoms with Crippen LogP contribution in [-0.2, 0) is 11.2 Å². The molecular weight excluding hydrogens is 199 g/mol. The van der Waals surface area contributed by atoms with Crippen molar-refractivity contribution in [1.82, 2.24) is 0 Å². The smallest absolute Gasteiger partial charge is 0.309 e. The molecule has 4 heteroatoms. The molecule has 1 aliphatic rings. The Morgan fingerprint density at radius 3 is 2.67 bits per heavy atom. The van der Waals surface area contributed by atoms with Crippen molar-refractivity contribution in [1.29, 1.82) is 0 Å². The van der Waals surface area contributed by atoms with Crippen molar-refractivity contribution in [2.45, 2.75) is 19.3 Å². The van der Waals surface area contributed by atoms with E-state index in [1.165, 1.54) is 6.07 Å². The lowest BCUT2D eigenvalue weighted by Crippen LogP contribution is -2.17. The number of aromatic hydroxyl groups is 1. The van der Waals surface area contributed by atoms with Crippen LogP contribution in [0.25, 0.3) is 0 Å². The predicted molar refractivity (Wildman–Crippen MR) is 51.1 cm³/mol. The second-order valence-electron chi connectivity index (χ2n) is 4.01. The number of hydrogen-bond donors (Lipinski definition) is 2. The summed E-state index contributed by atoms with van der Waals surface area (Å²) in [5, 5.41) is 18.4. The van der Waals surface area contributed by atoms with E-state index in [1.807, 2.05) is 0 Å². The van der Waals surface area contributed by atoms with E-state index in [0.717, 1.165) is 6.07 Å². The molecule has 1 aliphatic carbocycles. The molecule has 15 heavy (non-hydrogen) atoms. The van der Waals surface area contributed by atoms with Crippen LogP contribution in [0, 0.1) is 11.2 Å². The third kappa shape index (κ3) is 1.67. The van der Waals surface area contributed by atoms with Crippen LogP contribution in [0.2, 0.25) is 0 Å². The first-order chi connectivity index (χ1) is 7.05. The molecule has 0 spiro atoms. The van der Waals surface area contributed by atoms with Crippen LogP contribution in [-0.4, -0.2) is 16.2 Å². The van der Waals surface area contributed by atoms with Crippen molar-refractivity contribution < 1.29 is 19.4 Å². The molecule has 3 nitrogen and oxygen atoms in total. The van der Waals surface area contributed by atoms with Crippen LogP contribution in [0.4, 0.5) is 4.39 Å². The molecule has 0 atom stereocenters. The molecule has 0 aliphatic heterocycles. The van der Waals surface area contributed by atoms with E-state index in [0.29, 0.717) is 18.4 Å². The van der Waals surface area contributed by atoms with E-state index in [9.17, 15) is 14.3 Å². The summed E-state index contributed by atoms with van der Waals surface area (Å²) < 4.78 is 13.0. The quantitative estimate of drug-likeness (QED) is 0.801. The minimum atomic E-state index is -0.869. The lowest BCUT2D eigenvalue weighted by atomic mass is 9.96. The van der Waals surface area contributed by atoms with Crippen molar-refractivity contribution >= 4 is 5.97 Å². The third-order valence-electron chi connectivity index (χ3n) is 2.91. The number of para-hydroxylation sites is 1. The van der Waals surface area contributed by atoms with Gasteiger partial charge in [0.05, 0.1) is 5.41 Å². The maximum atomic E-state index is 13.0. The topological polar surface area (TPSA) is 57.5 Å². The van der Waals surface area contributed by atoms with Gasteiger partial charge < -0.3 is 10.2 Å². The number of hydrogen-bond acceptors (Lipinski definition) is 2. The Hall–Kier alpha value is -1.58. The van der Waals surface area contributed by atoms with Crippen molar-refractivity contribution in [2.75, 3.05) is 0 Å². The number of carboxylic acids is 1. The summed E-state index contributed by atoms with van der Waals surface area (Å²) in [6, 6.07) is 4.18. The van der Waals surface area contributed by atoms with Crippen LogP contribution >= 0.6 is 0 Å². The molecule has 0 radical (unpaired) electrons. The van der Waals surface area contributed by atoms with Crippen molar-refractivity contribution in [3.8, 4) is 5.75 Å². The summed E-state index contributed by atoms with van der Waals surface area (Å²) in [5.41, 5.74) is -0.402. The van der Waals surface area contributed by atoms with E-state index >= 15 is 0 Å². The number of carboxylic acid groups (broad SMARTS) is 1. The molecule has 0 heterocycles. The summed E-state index contributed by atoms with van der Waals surface area (Å²) in [4.78, 5) is 10.9. The van der Waals surface area contributed by atoms with Gasteiger partial charge in [0.1, 0.15) is 0 Å². The van der Waals surface area contributed by atoms with Gasteiger partial charge in [-0.15, -0.1) is 0 Å². The minimum Gasteiger partial charge on any atom is -0.505 e. The zero-order chi connectivity index (χ0) is 11.1. The summed E-state index contributed by atoms with van der Waals surface area (Å²) in [7, 11) is 0. The van der Waals surface area contributed by atoms with Gasteiger partial charge in [-0.3, -0.25) is 4.79 Å². The number of phenols is 1. The number of rotatable bonds is 3. The highest BCUT2D eigenvalue weighted by Crippen LogP contribution is 2.49. The Labute approximate surface area is 86.2 Å². The summed E-state index contributed by atoms with van der Waals surface area (Å²) >= 11 is 0. The fraction of sp³-hybridized carbons (Fsp3) is 0.364. The Morgan fingerprint density at radius 1 is 1.47 bits per heavy atom. The highest BCUT2D eigenvalue weighted by molar-refractivity contribution is 5.78. The van der Waals surface area contributed by atoms with Gasteiger partial charge in [0.15, 0.2) is 11.6 Å². The molecule has 0 aromatic heterocycles. The lowest BCUT2D eigenvalue weighted by Gasteiger charge is -2.10. The molecule has 0 unspecified atom stereocenters. The molecule has 1 aromatic carbocycles. The molecule has 2 rings (SSSR count). The molecule has 80 valence electrons.